The van der Waals surface area contributed by atoms with Gasteiger partial charge in [-0.15, -0.1) is 11.3 Å². The molecule has 0 saturated heterocycles. The van der Waals surface area contributed by atoms with Crippen molar-refractivity contribution in [2.24, 2.45) is 0 Å². The fourth-order valence-corrected chi connectivity index (χ4v) is 16.6. The largest absolute Gasteiger partial charge is 0.416 e. The van der Waals surface area contributed by atoms with Crippen LogP contribution in [0.2, 0.25) is 20.2 Å². The zero-order chi connectivity index (χ0) is 105. The zero-order valence-corrected chi connectivity index (χ0v) is 79.9. The van der Waals surface area contributed by atoms with Crippen molar-refractivity contribution >= 4 is 171 Å². The molecule has 0 spiro atoms. The second kappa shape index (κ2) is 45.0. The summed E-state index contributed by atoms with van der Waals surface area (Å²) in [5.74, 6) is 0.0134. The summed E-state index contributed by atoms with van der Waals surface area (Å²) in [7, 11) is 0. The highest BCUT2D eigenvalue weighted by Crippen LogP contribution is 2.38. The molecule has 0 unspecified atom stereocenters. The monoisotopic (exact) mass is 2120 g/mol. The van der Waals surface area contributed by atoms with Crippen molar-refractivity contribution in [3.63, 3.8) is 0 Å². The van der Waals surface area contributed by atoms with E-state index >= 15 is 0 Å². The molecular formula is C107H73Cl4F15N16O5S. The molecule has 0 bridgehead atoms. The van der Waals surface area contributed by atoms with E-state index < -0.39 is 70.5 Å². The second-order valence-electron chi connectivity index (χ2n) is 32.7. The maximum absolute atomic E-state index is 12.8. The van der Waals surface area contributed by atoms with Crippen molar-refractivity contribution in [3.8, 4) is 0 Å². The summed E-state index contributed by atoms with van der Waals surface area (Å²) in [5, 5.41) is 43.1. The lowest BCUT2D eigenvalue weighted by Crippen LogP contribution is -2.14. The van der Waals surface area contributed by atoms with E-state index in [1.807, 2.05) is 115 Å². The molecule has 5 N–H and O–H groups in total. The predicted octanol–water partition coefficient (Wildman–Crippen LogP) is 28.8. The first-order chi connectivity index (χ1) is 70.7. The van der Waals surface area contributed by atoms with Gasteiger partial charge in [0, 0.05) is 48.1 Å². The molecule has 20 rings (SSSR count). The number of hydrogen-bond acceptors (Lipinski definition) is 12. The van der Waals surface area contributed by atoms with Gasteiger partial charge in [0.2, 0.25) is 0 Å². The fraction of sp³-hybridized carbons (Fsp3) is 0.0935. The van der Waals surface area contributed by atoms with Gasteiger partial charge in [-0.2, -0.15) is 91.3 Å². The number of hydrogen-bond donors (Lipinski definition) is 5. The number of nitrogens with one attached hydrogen (secondary N) is 5. The Balaban J connectivity index is 0.000000132. The molecule has 0 aliphatic heterocycles. The average Bonchev–Trinajstić information content (AvgIpc) is 1.66. The number of pyridine rings is 1. The van der Waals surface area contributed by atoms with Crippen LogP contribution in [0, 0.1) is 0 Å². The number of anilines is 5. The Morgan fingerprint density at radius 2 is 0.554 bits per heavy atom. The van der Waals surface area contributed by atoms with Crippen LogP contribution >= 0.6 is 57.7 Å². The van der Waals surface area contributed by atoms with Gasteiger partial charge in [0.25, 0.3) is 29.5 Å². The first-order valence-electron chi connectivity index (χ1n) is 44.2. The molecule has 0 saturated carbocycles. The van der Waals surface area contributed by atoms with Crippen molar-refractivity contribution in [1.82, 2.24) is 53.9 Å². The molecule has 148 heavy (non-hydrogen) atoms. The Labute approximate surface area is 853 Å². The van der Waals surface area contributed by atoms with Gasteiger partial charge in [-0.1, -0.05) is 198 Å². The number of carbonyl (C=O) groups excluding carboxylic acids is 5. The third kappa shape index (κ3) is 26.1. The van der Waals surface area contributed by atoms with Crippen molar-refractivity contribution in [2.45, 2.75) is 63.6 Å². The van der Waals surface area contributed by atoms with E-state index in [0.717, 1.165) is 104 Å². The molecular weight excluding hydrogens is 2050 g/mol. The summed E-state index contributed by atoms with van der Waals surface area (Å²) in [6, 6.07) is 89.1. The van der Waals surface area contributed by atoms with Crippen LogP contribution in [0.15, 0.2) is 351 Å². The summed E-state index contributed by atoms with van der Waals surface area (Å²) >= 11 is 25.1. The smallest absolute Gasteiger partial charge is 0.305 e. The number of benzene rings is 13. The van der Waals surface area contributed by atoms with Crippen molar-refractivity contribution < 1.29 is 89.8 Å². The summed E-state index contributed by atoms with van der Waals surface area (Å²) < 4.78 is 200. The lowest BCUT2D eigenvalue weighted by Gasteiger charge is -2.08. The Morgan fingerprint density at radius 1 is 0.264 bits per heavy atom. The highest BCUT2D eigenvalue weighted by atomic mass is 35.5. The molecule has 13 aromatic carbocycles. The third-order valence-electron chi connectivity index (χ3n) is 22.5. The maximum Gasteiger partial charge on any atom is 0.416 e. The Morgan fingerprint density at radius 3 is 0.858 bits per heavy atom. The highest BCUT2D eigenvalue weighted by molar-refractivity contribution is 7.12. The van der Waals surface area contributed by atoms with Crippen LogP contribution in [0.25, 0.3) is 54.5 Å². The zero-order valence-electron chi connectivity index (χ0n) is 76.1. The standard InChI is InChI=1S/3C22H15ClF3N3O.C21H14ClF3N4O.C20H14F3N3OS/c23-18-7-3-1-5-16(18)21(30)27-20-17-6-2-4-8-19(17)29(28-20)13-14-9-11-15(12-10-14)22(24,25)26;23-17-5-3-4-15(12-17)21(30)27-20-18-6-1-2-7-19(18)29(28-20)13-14-8-10-16(11-9-14)22(24,25)26;23-17-11-7-15(8-12-17)21(30)27-20-18-3-1-2-4-19(18)29(28-20)13-14-5-9-16(10-6-14)22(24,25)26;22-18-7-3-5-16(26-18)20(30)27-19-15-4-1-2-6-17(15)29(28-19)12-13-8-10-14(11-9-13)21(23,24)25;21-20(22,23)14-9-7-13(8-10-14)12-26-16-5-2-1-4-15(16)18(25-26)24-19(27)17-6-3-11-28-17/h3*1-12H,13H2,(H,27,28,30);1-11H,12H2,(H,27,28,30);1-11H,12H2,(H,24,25,27). The van der Waals surface area contributed by atoms with E-state index in [9.17, 15) is 89.8 Å². The van der Waals surface area contributed by atoms with E-state index in [1.54, 1.807) is 133 Å². The van der Waals surface area contributed by atoms with Gasteiger partial charge in [0.15, 0.2) is 29.1 Å². The number of thiophene rings is 1. The van der Waals surface area contributed by atoms with Crippen LogP contribution in [-0.2, 0) is 63.6 Å². The van der Waals surface area contributed by atoms with E-state index in [4.69, 9.17) is 46.4 Å². The van der Waals surface area contributed by atoms with Gasteiger partial charge in [0.05, 0.1) is 104 Å². The molecule has 7 aromatic heterocycles. The Kier molecular flexibility index (Phi) is 31.8. The fourth-order valence-electron chi connectivity index (χ4n) is 15.3. The number of nitrogens with zero attached hydrogens (tertiary/aromatic N) is 11. The summed E-state index contributed by atoms with van der Waals surface area (Å²) in [4.78, 5) is 67.2. The van der Waals surface area contributed by atoms with Gasteiger partial charge in [-0.3, -0.25) is 47.4 Å². The summed E-state index contributed by atoms with van der Waals surface area (Å²) in [6.45, 7) is 1.29. The number of fused-ring (bicyclic) bond motifs is 5. The lowest BCUT2D eigenvalue weighted by molar-refractivity contribution is -0.138. The molecule has 0 radical (unpaired) electrons. The third-order valence-corrected chi connectivity index (χ3v) is 24.4. The summed E-state index contributed by atoms with van der Waals surface area (Å²) in [6.07, 6.45) is -21.9. The number of aromatic nitrogens is 11. The molecule has 41 heteroatoms. The first-order valence-corrected chi connectivity index (χ1v) is 46.6. The van der Waals surface area contributed by atoms with E-state index in [0.29, 0.717) is 104 Å². The minimum absolute atomic E-state index is 0.142. The Bertz CT molecular complexity index is 7990. The number of alkyl halides is 15. The molecule has 750 valence electrons. The maximum atomic E-state index is 12.8. The van der Waals surface area contributed by atoms with Crippen LogP contribution < -0.4 is 26.6 Å². The molecule has 20 aromatic rings. The van der Waals surface area contributed by atoms with E-state index in [-0.39, 0.29) is 61.3 Å². The minimum atomic E-state index is -4.39. The highest BCUT2D eigenvalue weighted by Gasteiger charge is 2.35. The number of para-hydroxylation sites is 5. The van der Waals surface area contributed by atoms with Crippen LogP contribution in [0.4, 0.5) is 94.9 Å². The molecule has 7 heterocycles. The number of carbonyl (C=O) groups is 5. The molecule has 0 aliphatic carbocycles. The minimum Gasteiger partial charge on any atom is -0.305 e. The van der Waals surface area contributed by atoms with Crippen LogP contribution in [-0.4, -0.2) is 83.4 Å². The average molecular weight is 2120 g/mol. The van der Waals surface area contributed by atoms with E-state index in [1.165, 1.54) is 78.1 Å². The molecule has 0 fully saturated rings. The first kappa shape index (κ1) is 104. The normalized spacial score (nSPS) is 11.6. The number of halogens is 19. The molecule has 0 aliphatic rings. The second-order valence-corrected chi connectivity index (χ2v) is 35.3. The number of rotatable bonds is 20. The molecule has 0 atom stereocenters. The number of amides is 5. The predicted molar refractivity (Wildman–Crippen MR) is 539 cm³/mol. The topological polar surface area (TPSA) is 247 Å². The van der Waals surface area contributed by atoms with Gasteiger partial charge in [-0.05, 0) is 227 Å². The van der Waals surface area contributed by atoms with E-state index in [2.05, 4.69) is 57.1 Å². The van der Waals surface area contributed by atoms with Gasteiger partial charge >= 0.3 is 30.9 Å². The van der Waals surface area contributed by atoms with Crippen LogP contribution in [0.3, 0.4) is 0 Å². The SMILES string of the molecule is O=C(Nc1nn(Cc2ccc(C(F)(F)F)cc2)c2ccccc12)c1ccc(Cl)cc1.O=C(Nc1nn(Cc2ccc(C(F)(F)F)cc2)c2ccccc12)c1cccc(Cl)c1.O=C(Nc1nn(Cc2ccc(C(F)(F)F)cc2)c2ccccc12)c1cccc(Cl)n1.O=C(Nc1nn(Cc2ccc(C(F)(F)F)cc2)c2ccccc12)c1ccccc1Cl.O=C(Nc1nn(Cc2ccc(C(F)(F)F)cc2)c2ccccc12)c1cccs1. The quantitative estimate of drug-likeness (QED) is 0.0355. The lowest BCUT2D eigenvalue weighted by atomic mass is 10.1. The van der Waals surface area contributed by atoms with Crippen LogP contribution in [0.5, 0.6) is 0 Å². The van der Waals surface area contributed by atoms with Gasteiger partial charge < -0.3 is 26.6 Å². The van der Waals surface area contributed by atoms with Crippen molar-refractivity contribution in [2.75, 3.05) is 26.6 Å². The van der Waals surface area contributed by atoms with Gasteiger partial charge in [0.1, 0.15) is 10.8 Å². The van der Waals surface area contributed by atoms with Crippen molar-refractivity contribution in [1.29, 1.82) is 0 Å². The molecule has 21 nitrogen and oxygen atoms in total. The summed E-state index contributed by atoms with van der Waals surface area (Å²) in [5.41, 5.74) is 4.82. The molecule has 5 amide bonds. The van der Waals surface area contributed by atoms with Gasteiger partial charge in [-0.25, -0.2) is 4.98 Å². The van der Waals surface area contributed by atoms with Crippen molar-refractivity contribution in [3.05, 3.63) is 454 Å². The Hall–Kier alpha value is -16.5. The van der Waals surface area contributed by atoms with Crippen LogP contribution in [0.1, 0.15) is 107 Å².